The average Bonchev–Trinajstić information content (AvgIpc) is 3.07. The first-order valence-electron chi connectivity index (χ1n) is 7.22. The van der Waals surface area contributed by atoms with E-state index in [9.17, 15) is 8.42 Å². The van der Waals surface area contributed by atoms with Crippen molar-refractivity contribution in [3.63, 3.8) is 0 Å². The molecule has 0 spiro atoms. The first-order valence-corrected chi connectivity index (χ1v) is 8.70. The third-order valence-electron chi connectivity index (χ3n) is 3.96. The van der Waals surface area contributed by atoms with Crippen LogP contribution in [-0.2, 0) is 16.6 Å². The van der Waals surface area contributed by atoms with Gasteiger partial charge in [0.1, 0.15) is 4.90 Å². The van der Waals surface area contributed by atoms with Crippen molar-refractivity contribution in [2.24, 2.45) is 5.92 Å². The van der Waals surface area contributed by atoms with Gasteiger partial charge in [0.25, 0.3) is 0 Å². The van der Waals surface area contributed by atoms with Crippen molar-refractivity contribution in [1.82, 2.24) is 19.8 Å². The third kappa shape index (κ3) is 3.80. The number of nitrogens with one attached hydrogen (secondary N) is 2. The van der Waals surface area contributed by atoms with Gasteiger partial charge in [-0.3, -0.25) is 4.68 Å². The van der Waals surface area contributed by atoms with Crippen LogP contribution in [0.2, 0.25) is 0 Å². The Kier molecular flexibility index (Phi) is 5.17. The lowest BCUT2D eigenvalue weighted by Crippen LogP contribution is -2.37. The van der Waals surface area contributed by atoms with Crippen LogP contribution in [0.4, 0.5) is 0 Å². The fourth-order valence-corrected chi connectivity index (χ4v) is 3.96. The van der Waals surface area contributed by atoms with Gasteiger partial charge >= 0.3 is 0 Å². The molecular formula is C13H24N4O2S. The Morgan fingerprint density at radius 1 is 1.45 bits per heavy atom. The predicted octanol–water partition coefficient (Wildman–Crippen LogP) is 0.959. The lowest BCUT2D eigenvalue weighted by molar-refractivity contribution is 0.424. The molecular weight excluding hydrogens is 276 g/mol. The zero-order valence-corrected chi connectivity index (χ0v) is 13.0. The maximum absolute atomic E-state index is 12.3. The van der Waals surface area contributed by atoms with Gasteiger partial charge in [-0.1, -0.05) is 12.8 Å². The van der Waals surface area contributed by atoms with E-state index in [0.717, 1.165) is 19.4 Å². The third-order valence-corrected chi connectivity index (χ3v) is 5.47. The van der Waals surface area contributed by atoms with E-state index in [4.69, 9.17) is 0 Å². The van der Waals surface area contributed by atoms with E-state index in [-0.39, 0.29) is 10.9 Å². The van der Waals surface area contributed by atoms with Crippen molar-refractivity contribution >= 4 is 10.0 Å². The summed E-state index contributed by atoms with van der Waals surface area (Å²) < 4.78 is 29.0. The lowest BCUT2D eigenvalue weighted by Gasteiger charge is -2.19. The number of rotatable bonds is 7. The normalized spacial score (nSPS) is 18.5. The van der Waals surface area contributed by atoms with Gasteiger partial charge in [-0.2, -0.15) is 5.10 Å². The second kappa shape index (κ2) is 6.69. The molecule has 1 aliphatic carbocycles. The van der Waals surface area contributed by atoms with Gasteiger partial charge in [-0.25, -0.2) is 13.1 Å². The SMILES string of the molecule is CNCCn1cc(S(=O)(=O)NC(C)C2CCCC2)cn1. The summed E-state index contributed by atoms with van der Waals surface area (Å²) in [4.78, 5) is 0.249. The second-order valence-electron chi connectivity index (χ2n) is 5.50. The molecule has 0 bridgehead atoms. The van der Waals surface area contributed by atoms with Crippen LogP contribution in [0.5, 0.6) is 0 Å². The van der Waals surface area contributed by atoms with E-state index in [2.05, 4.69) is 15.1 Å². The van der Waals surface area contributed by atoms with Gasteiger partial charge in [0.2, 0.25) is 10.0 Å². The van der Waals surface area contributed by atoms with Crippen LogP contribution < -0.4 is 10.0 Å². The van der Waals surface area contributed by atoms with E-state index in [1.54, 1.807) is 10.9 Å². The quantitative estimate of drug-likeness (QED) is 0.786. The Hall–Kier alpha value is -0.920. The molecule has 114 valence electrons. The van der Waals surface area contributed by atoms with Gasteiger partial charge < -0.3 is 5.32 Å². The largest absolute Gasteiger partial charge is 0.318 e. The van der Waals surface area contributed by atoms with Gasteiger partial charge in [-0.15, -0.1) is 0 Å². The summed E-state index contributed by atoms with van der Waals surface area (Å²) in [5, 5.41) is 7.09. The Balaban J connectivity index is 2.00. The van der Waals surface area contributed by atoms with Crippen LogP contribution >= 0.6 is 0 Å². The summed E-state index contributed by atoms with van der Waals surface area (Å²) >= 11 is 0. The standard InChI is InChI=1S/C13H24N4O2S/c1-11(12-5-3-4-6-12)16-20(18,19)13-9-15-17(10-13)8-7-14-2/h9-12,14,16H,3-8H2,1-2H3. The smallest absolute Gasteiger partial charge is 0.243 e. The molecule has 1 aliphatic rings. The summed E-state index contributed by atoms with van der Waals surface area (Å²) in [5.41, 5.74) is 0. The van der Waals surface area contributed by atoms with Crippen molar-refractivity contribution in [3.05, 3.63) is 12.4 Å². The molecule has 1 aromatic rings. The van der Waals surface area contributed by atoms with Gasteiger partial charge in [-0.05, 0) is 32.7 Å². The van der Waals surface area contributed by atoms with Crippen LogP contribution in [0.15, 0.2) is 17.3 Å². The van der Waals surface area contributed by atoms with E-state index in [1.165, 1.54) is 19.0 Å². The van der Waals surface area contributed by atoms with E-state index in [0.29, 0.717) is 12.5 Å². The van der Waals surface area contributed by atoms with E-state index < -0.39 is 10.0 Å². The first kappa shape index (κ1) is 15.5. The van der Waals surface area contributed by atoms with E-state index >= 15 is 0 Å². The number of hydrogen-bond donors (Lipinski definition) is 2. The van der Waals surface area contributed by atoms with Crippen LogP contribution in [0.3, 0.4) is 0 Å². The Bertz CT molecular complexity index is 520. The summed E-state index contributed by atoms with van der Waals surface area (Å²) in [5.74, 6) is 0.462. The van der Waals surface area contributed by atoms with Crippen LogP contribution in [0.25, 0.3) is 0 Å². The predicted molar refractivity (Wildman–Crippen MR) is 77.9 cm³/mol. The summed E-state index contributed by atoms with van der Waals surface area (Å²) in [6.45, 7) is 3.37. The molecule has 1 heterocycles. The maximum atomic E-state index is 12.3. The molecule has 1 unspecified atom stereocenters. The van der Waals surface area contributed by atoms with Gasteiger partial charge in [0, 0.05) is 18.8 Å². The highest BCUT2D eigenvalue weighted by molar-refractivity contribution is 7.89. The molecule has 1 atom stereocenters. The van der Waals surface area contributed by atoms with Crippen molar-refractivity contribution in [3.8, 4) is 0 Å². The lowest BCUT2D eigenvalue weighted by atomic mass is 10.0. The number of likely N-dealkylation sites (N-methyl/N-ethyl adjacent to an activating group) is 1. The monoisotopic (exact) mass is 300 g/mol. The van der Waals surface area contributed by atoms with Crippen LogP contribution in [0, 0.1) is 5.92 Å². The highest BCUT2D eigenvalue weighted by atomic mass is 32.2. The summed E-state index contributed by atoms with van der Waals surface area (Å²) in [7, 11) is -1.60. The molecule has 2 rings (SSSR count). The average molecular weight is 300 g/mol. The summed E-state index contributed by atoms with van der Waals surface area (Å²) in [6, 6.07) is -0.0110. The zero-order valence-electron chi connectivity index (χ0n) is 12.2. The molecule has 1 saturated carbocycles. The van der Waals surface area contributed by atoms with Crippen molar-refractivity contribution in [2.45, 2.75) is 50.1 Å². The molecule has 1 aromatic heterocycles. The minimum atomic E-state index is -3.45. The zero-order chi connectivity index (χ0) is 14.6. The van der Waals surface area contributed by atoms with Gasteiger partial charge in [0.15, 0.2) is 0 Å². The molecule has 6 nitrogen and oxygen atoms in total. The number of sulfonamides is 1. The first-order chi connectivity index (χ1) is 9.53. The molecule has 20 heavy (non-hydrogen) atoms. The Labute approximate surface area is 121 Å². The maximum Gasteiger partial charge on any atom is 0.243 e. The van der Waals surface area contributed by atoms with Gasteiger partial charge in [0.05, 0.1) is 12.7 Å². The highest BCUT2D eigenvalue weighted by Crippen LogP contribution is 2.28. The topological polar surface area (TPSA) is 76.0 Å². The molecule has 7 heteroatoms. The van der Waals surface area contributed by atoms with Crippen LogP contribution in [0.1, 0.15) is 32.6 Å². The minimum absolute atomic E-state index is 0.0110. The number of nitrogens with zero attached hydrogens (tertiary/aromatic N) is 2. The fourth-order valence-electron chi connectivity index (χ4n) is 2.70. The molecule has 0 amide bonds. The Morgan fingerprint density at radius 3 is 2.80 bits per heavy atom. The highest BCUT2D eigenvalue weighted by Gasteiger charge is 2.26. The van der Waals surface area contributed by atoms with Crippen molar-refractivity contribution < 1.29 is 8.42 Å². The molecule has 0 aromatic carbocycles. The second-order valence-corrected chi connectivity index (χ2v) is 7.21. The fraction of sp³-hybridized carbons (Fsp3) is 0.769. The minimum Gasteiger partial charge on any atom is -0.318 e. The molecule has 0 aliphatic heterocycles. The number of hydrogen-bond acceptors (Lipinski definition) is 4. The number of aromatic nitrogens is 2. The van der Waals surface area contributed by atoms with Crippen LogP contribution in [-0.4, -0.2) is 37.8 Å². The molecule has 2 N–H and O–H groups in total. The molecule has 1 fully saturated rings. The van der Waals surface area contributed by atoms with E-state index in [1.807, 2.05) is 14.0 Å². The van der Waals surface area contributed by atoms with Crippen molar-refractivity contribution in [1.29, 1.82) is 0 Å². The van der Waals surface area contributed by atoms with Crippen molar-refractivity contribution in [2.75, 3.05) is 13.6 Å². The molecule has 0 saturated heterocycles. The molecule has 0 radical (unpaired) electrons. The Morgan fingerprint density at radius 2 is 2.15 bits per heavy atom. The summed E-state index contributed by atoms with van der Waals surface area (Å²) in [6.07, 6.45) is 7.65.